The normalized spacial score (nSPS) is 10.4. The minimum Gasteiger partial charge on any atom is -0.348 e. The molecule has 0 atom stereocenters. The van der Waals surface area contributed by atoms with Crippen LogP contribution >= 0.6 is 0 Å². The van der Waals surface area contributed by atoms with Crippen molar-refractivity contribution in [3.05, 3.63) is 82.5 Å². The molecule has 2 aromatic heterocycles. The summed E-state index contributed by atoms with van der Waals surface area (Å²) in [5.41, 5.74) is 2.04. The van der Waals surface area contributed by atoms with Crippen LogP contribution in [0.15, 0.2) is 65.8 Å². The maximum absolute atomic E-state index is 12.1. The molecule has 0 saturated heterocycles. The summed E-state index contributed by atoms with van der Waals surface area (Å²) in [4.78, 5) is 25.6. The van der Waals surface area contributed by atoms with Crippen molar-refractivity contribution in [2.45, 2.75) is 6.54 Å². The fourth-order valence-electron chi connectivity index (χ4n) is 2.12. The molecule has 2 N–H and O–H groups in total. The molecule has 0 spiro atoms. The van der Waals surface area contributed by atoms with Crippen LogP contribution in [0.1, 0.15) is 15.9 Å². The van der Waals surface area contributed by atoms with E-state index in [0.29, 0.717) is 12.1 Å². The van der Waals surface area contributed by atoms with E-state index in [1.165, 1.54) is 18.3 Å². The average molecular weight is 294 g/mol. The number of nitrogens with zero attached hydrogens (tertiary/aromatic N) is 2. The van der Waals surface area contributed by atoms with Gasteiger partial charge in [0.2, 0.25) is 5.56 Å². The van der Waals surface area contributed by atoms with E-state index in [-0.39, 0.29) is 11.5 Å². The van der Waals surface area contributed by atoms with Crippen LogP contribution in [-0.4, -0.2) is 20.7 Å². The van der Waals surface area contributed by atoms with Crippen molar-refractivity contribution in [2.75, 3.05) is 0 Å². The van der Waals surface area contributed by atoms with E-state index >= 15 is 0 Å². The summed E-state index contributed by atoms with van der Waals surface area (Å²) < 4.78 is 1.75. The van der Waals surface area contributed by atoms with E-state index in [4.69, 9.17) is 0 Å². The molecule has 1 aromatic carbocycles. The smallest absolute Gasteiger partial charge is 0.253 e. The number of H-pyrrole nitrogens is 1. The zero-order valence-corrected chi connectivity index (χ0v) is 11.7. The minimum atomic E-state index is -0.244. The number of hydrogen-bond acceptors (Lipinski definition) is 3. The van der Waals surface area contributed by atoms with Gasteiger partial charge in [0.1, 0.15) is 0 Å². The molecule has 0 saturated carbocycles. The molecule has 6 nitrogen and oxygen atoms in total. The van der Waals surface area contributed by atoms with E-state index < -0.39 is 0 Å². The quantitative estimate of drug-likeness (QED) is 0.765. The van der Waals surface area contributed by atoms with Gasteiger partial charge in [0, 0.05) is 31.2 Å². The maximum Gasteiger partial charge on any atom is 0.253 e. The van der Waals surface area contributed by atoms with Crippen LogP contribution < -0.4 is 10.9 Å². The molecule has 22 heavy (non-hydrogen) atoms. The largest absolute Gasteiger partial charge is 0.348 e. The lowest BCUT2D eigenvalue weighted by Gasteiger charge is -2.10. The van der Waals surface area contributed by atoms with Crippen molar-refractivity contribution in [3.63, 3.8) is 0 Å². The number of carbonyl (C=O) groups excluding carboxylic acids is 1. The zero-order chi connectivity index (χ0) is 15.4. The third-order valence-electron chi connectivity index (χ3n) is 3.23. The number of amides is 1. The number of para-hydroxylation sites is 1. The predicted octanol–water partition coefficient (Wildman–Crippen LogP) is 1.49. The Bertz CT molecular complexity index is 817. The first-order valence-electron chi connectivity index (χ1n) is 6.79. The molecule has 6 heteroatoms. The second kappa shape index (κ2) is 6.09. The predicted molar refractivity (Wildman–Crippen MR) is 81.8 cm³/mol. The number of aromatic nitrogens is 3. The second-order valence-corrected chi connectivity index (χ2v) is 4.70. The first-order chi connectivity index (χ1) is 10.7. The second-order valence-electron chi connectivity index (χ2n) is 4.70. The number of aromatic amines is 1. The lowest BCUT2D eigenvalue weighted by Crippen LogP contribution is -2.24. The van der Waals surface area contributed by atoms with Gasteiger partial charge in [-0.05, 0) is 23.8 Å². The standard InChI is InChI=1S/C16H14N4O2/c21-15-7-6-13(11-17-15)16(22)18-10-12-4-1-2-5-14(12)20-9-3-8-19-20/h1-9,11H,10H2,(H,17,21)(H,18,22). The van der Waals surface area contributed by atoms with Crippen LogP contribution in [0.5, 0.6) is 0 Å². The molecular formula is C16H14N4O2. The van der Waals surface area contributed by atoms with Crippen LogP contribution in [-0.2, 0) is 6.54 Å². The Hall–Kier alpha value is -3.15. The lowest BCUT2D eigenvalue weighted by molar-refractivity contribution is 0.0950. The Morgan fingerprint density at radius 2 is 2.05 bits per heavy atom. The van der Waals surface area contributed by atoms with Crippen LogP contribution in [0.2, 0.25) is 0 Å². The van der Waals surface area contributed by atoms with Gasteiger partial charge in [-0.15, -0.1) is 0 Å². The molecule has 110 valence electrons. The van der Waals surface area contributed by atoms with Gasteiger partial charge < -0.3 is 10.3 Å². The summed E-state index contributed by atoms with van der Waals surface area (Å²) in [5.74, 6) is -0.244. The molecule has 0 aliphatic heterocycles. The SMILES string of the molecule is O=C(NCc1ccccc1-n1cccn1)c1ccc(=O)[nH]c1. The van der Waals surface area contributed by atoms with Gasteiger partial charge >= 0.3 is 0 Å². The summed E-state index contributed by atoms with van der Waals surface area (Å²) in [7, 11) is 0. The summed E-state index contributed by atoms with van der Waals surface area (Å²) in [6.07, 6.45) is 4.95. The highest BCUT2D eigenvalue weighted by Gasteiger charge is 2.08. The van der Waals surface area contributed by atoms with Crippen LogP contribution in [0.25, 0.3) is 5.69 Å². The van der Waals surface area contributed by atoms with Gasteiger partial charge in [0.15, 0.2) is 0 Å². The van der Waals surface area contributed by atoms with E-state index in [2.05, 4.69) is 15.4 Å². The van der Waals surface area contributed by atoms with Crippen molar-refractivity contribution in [3.8, 4) is 5.69 Å². The number of benzene rings is 1. The number of pyridine rings is 1. The monoisotopic (exact) mass is 294 g/mol. The fourth-order valence-corrected chi connectivity index (χ4v) is 2.12. The molecule has 0 radical (unpaired) electrons. The van der Waals surface area contributed by atoms with E-state index in [9.17, 15) is 9.59 Å². The molecule has 0 aliphatic carbocycles. The Morgan fingerprint density at radius 1 is 1.18 bits per heavy atom. The summed E-state index contributed by atoms with van der Waals surface area (Å²) in [6, 6.07) is 12.4. The molecule has 0 unspecified atom stereocenters. The fraction of sp³-hybridized carbons (Fsp3) is 0.0625. The Labute approximate surface area is 126 Å². The molecular weight excluding hydrogens is 280 g/mol. The Morgan fingerprint density at radius 3 is 2.77 bits per heavy atom. The third-order valence-corrected chi connectivity index (χ3v) is 3.23. The minimum absolute atomic E-state index is 0.236. The van der Waals surface area contributed by atoms with Crippen molar-refractivity contribution >= 4 is 5.91 Å². The van der Waals surface area contributed by atoms with Crippen molar-refractivity contribution in [2.24, 2.45) is 0 Å². The number of hydrogen-bond donors (Lipinski definition) is 2. The van der Waals surface area contributed by atoms with E-state index in [1.54, 1.807) is 10.9 Å². The molecule has 0 aliphatic rings. The zero-order valence-electron chi connectivity index (χ0n) is 11.7. The molecule has 1 amide bonds. The van der Waals surface area contributed by atoms with E-state index in [0.717, 1.165) is 11.3 Å². The summed E-state index contributed by atoms with van der Waals surface area (Å²) in [6.45, 7) is 0.369. The maximum atomic E-state index is 12.1. The molecule has 3 aromatic rings. The Balaban J connectivity index is 1.76. The molecule has 0 fully saturated rings. The van der Waals surface area contributed by atoms with Crippen LogP contribution in [0.3, 0.4) is 0 Å². The summed E-state index contributed by atoms with van der Waals surface area (Å²) in [5, 5.41) is 7.04. The van der Waals surface area contributed by atoms with E-state index in [1.807, 2.05) is 36.5 Å². The number of rotatable bonds is 4. The number of carbonyl (C=O) groups is 1. The first-order valence-corrected chi connectivity index (χ1v) is 6.79. The van der Waals surface area contributed by atoms with Gasteiger partial charge in [-0.2, -0.15) is 5.10 Å². The van der Waals surface area contributed by atoms with Crippen LogP contribution in [0, 0.1) is 0 Å². The highest BCUT2D eigenvalue weighted by molar-refractivity contribution is 5.93. The van der Waals surface area contributed by atoms with Gasteiger partial charge in [0.05, 0.1) is 11.3 Å². The van der Waals surface area contributed by atoms with Gasteiger partial charge in [-0.3, -0.25) is 9.59 Å². The topological polar surface area (TPSA) is 79.8 Å². The summed E-state index contributed by atoms with van der Waals surface area (Å²) >= 11 is 0. The highest BCUT2D eigenvalue weighted by atomic mass is 16.1. The lowest BCUT2D eigenvalue weighted by atomic mass is 10.1. The van der Waals surface area contributed by atoms with Gasteiger partial charge in [-0.25, -0.2) is 4.68 Å². The average Bonchev–Trinajstić information content (AvgIpc) is 3.08. The molecule has 2 heterocycles. The third kappa shape index (κ3) is 2.95. The highest BCUT2D eigenvalue weighted by Crippen LogP contribution is 2.13. The van der Waals surface area contributed by atoms with Gasteiger partial charge in [-0.1, -0.05) is 18.2 Å². The van der Waals surface area contributed by atoms with Crippen molar-refractivity contribution in [1.82, 2.24) is 20.1 Å². The van der Waals surface area contributed by atoms with Crippen molar-refractivity contribution < 1.29 is 4.79 Å². The first kappa shape index (κ1) is 13.8. The Kier molecular flexibility index (Phi) is 3.82. The number of nitrogens with one attached hydrogen (secondary N) is 2. The van der Waals surface area contributed by atoms with Crippen molar-refractivity contribution in [1.29, 1.82) is 0 Å². The van der Waals surface area contributed by atoms with Gasteiger partial charge in [0.25, 0.3) is 5.91 Å². The van der Waals surface area contributed by atoms with Crippen LogP contribution in [0.4, 0.5) is 0 Å². The molecule has 3 rings (SSSR count). The molecule has 0 bridgehead atoms.